The fourth-order valence-electron chi connectivity index (χ4n) is 3.91. The Labute approximate surface area is 97.0 Å². The Morgan fingerprint density at radius 1 is 1.31 bits per heavy atom. The summed E-state index contributed by atoms with van der Waals surface area (Å²) in [4.78, 5) is 4.80. The number of hydrogen-bond donors (Lipinski definition) is 0. The van der Waals surface area contributed by atoms with Gasteiger partial charge in [0.15, 0.2) is 6.73 Å². The molecule has 0 aromatic carbocycles. The van der Waals surface area contributed by atoms with E-state index in [1.807, 2.05) is 0 Å². The SMILES string of the molecule is CC1(C)C2CCC1(CS(=O)(=O)N1CO1)CC2. The molecule has 2 aliphatic carbocycles. The van der Waals surface area contributed by atoms with Crippen LogP contribution in [0.3, 0.4) is 0 Å². The van der Waals surface area contributed by atoms with E-state index in [-0.39, 0.29) is 23.3 Å². The highest BCUT2D eigenvalue weighted by Gasteiger charge is 2.61. The maximum absolute atomic E-state index is 12.0. The second kappa shape index (κ2) is 3.00. The summed E-state index contributed by atoms with van der Waals surface area (Å²) in [5, 5.41) is 0. The molecule has 3 fully saturated rings. The Morgan fingerprint density at radius 2 is 1.88 bits per heavy atom. The fraction of sp³-hybridized carbons (Fsp3) is 1.00. The molecule has 0 spiro atoms. The Kier molecular flexibility index (Phi) is 2.06. The molecule has 2 bridgehead atoms. The van der Waals surface area contributed by atoms with Gasteiger partial charge in [-0.3, -0.25) is 4.84 Å². The first-order chi connectivity index (χ1) is 7.37. The van der Waals surface area contributed by atoms with Crippen LogP contribution in [0.1, 0.15) is 39.5 Å². The Bertz CT molecular complexity index is 403. The van der Waals surface area contributed by atoms with E-state index >= 15 is 0 Å². The molecule has 0 radical (unpaired) electrons. The van der Waals surface area contributed by atoms with Gasteiger partial charge < -0.3 is 0 Å². The van der Waals surface area contributed by atoms with Gasteiger partial charge in [-0.25, -0.2) is 8.42 Å². The zero-order valence-corrected chi connectivity index (χ0v) is 10.7. The maximum Gasteiger partial charge on any atom is 0.238 e. The summed E-state index contributed by atoms with van der Waals surface area (Å²) < 4.78 is 25.2. The molecule has 0 aromatic rings. The topological polar surface area (TPSA) is 49.7 Å². The van der Waals surface area contributed by atoms with Crippen LogP contribution in [0.5, 0.6) is 0 Å². The molecule has 1 unspecified atom stereocenters. The summed E-state index contributed by atoms with van der Waals surface area (Å²) >= 11 is 0. The van der Waals surface area contributed by atoms with Gasteiger partial charge in [0.25, 0.3) is 0 Å². The minimum Gasteiger partial charge on any atom is -0.263 e. The lowest BCUT2D eigenvalue weighted by atomic mass is 9.71. The van der Waals surface area contributed by atoms with Crippen LogP contribution in [-0.4, -0.2) is 25.4 Å². The quantitative estimate of drug-likeness (QED) is 0.712. The van der Waals surface area contributed by atoms with Crippen molar-refractivity contribution in [2.45, 2.75) is 39.5 Å². The van der Waals surface area contributed by atoms with Crippen molar-refractivity contribution in [1.82, 2.24) is 4.47 Å². The lowest BCUT2D eigenvalue weighted by molar-refractivity contribution is 0.152. The van der Waals surface area contributed by atoms with Gasteiger partial charge in [-0.1, -0.05) is 18.3 Å². The summed E-state index contributed by atoms with van der Waals surface area (Å²) in [7, 11) is -3.17. The minimum atomic E-state index is -3.17. The first-order valence-corrected chi connectivity index (χ1v) is 7.62. The van der Waals surface area contributed by atoms with Crippen LogP contribution in [0.25, 0.3) is 0 Å². The first-order valence-electron chi connectivity index (χ1n) is 6.01. The molecule has 0 aromatic heterocycles. The van der Waals surface area contributed by atoms with Crippen molar-refractivity contribution in [2.24, 2.45) is 16.7 Å². The van der Waals surface area contributed by atoms with E-state index in [4.69, 9.17) is 4.84 Å². The van der Waals surface area contributed by atoms with Crippen LogP contribution < -0.4 is 0 Å². The summed E-state index contributed by atoms with van der Waals surface area (Å²) in [5.74, 6) is 1.00. The highest BCUT2D eigenvalue weighted by atomic mass is 32.2. The molecule has 0 N–H and O–H groups in total. The van der Waals surface area contributed by atoms with Crippen molar-refractivity contribution < 1.29 is 13.3 Å². The monoisotopic (exact) mass is 245 g/mol. The minimum absolute atomic E-state index is 0.00243. The molecule has 4 nitrogen and oxygen atoms in total. The molecule has 3 rings (SSSR count). The Hall–Kier alpha value is -0.130. The third-order valence-corrected chi connectivity index (χ3v) is 7.08. The van der Waals surface area contributed by atoms with E-state index < -0.39 is 10.0 Å². The third-order valence-electron chi connectivity index (χ3n) is 5.33. The van der Waals surface area contributed by atoms with Gasteiger partial charge in [0, 0.05) is 0 Å². The van der Waals surface area contributed by atoms with Crippen LogP contribution in [0.2, 0.25) is 0 Å². The van der Waals surface area contributed by atoms with Crippen molar-refractivity contribution in [1.29, 1.82) is 0 Å². The molecule has 5 heteroatoms. The largest absolute Gasteiger partial charge is 0.263 e. The second-order valence-corrected chi connectivity index (χ2v) is 7.95. The van der Waals surface area contributed by atoms with Crippen molar-refractivity contribution >= 4 is 10.0 Å². The Morgan fingerprint density at radius 3 is 2.25 bits per heavy atom. The zero-order valence-electron chi connectivity index (χ0n) is 9.90. The van der Waals surface area contributed by atoms with Crippen molar-refractivity contribution in [3.05, 3.63) is 0 Å². The number of sulfonamides is 1. The molecule has 2 saturated carbocycles. The van der Waals surface area contributed by atoms with Gasteiger partial charge in [0.2, 0.25) is 10.0 Å². The fourth-order valence-corrected chi connectivity index (χ4v) is 5.78. The van der Waals surface area contributed by atoms with Crippen LogP contribution in [0, 0.1) is 16.7 Å². The standard InChI is InChI=1S/C11H19NO3S/c1-10(2)9-3-5-11(10,6-4-9)7-16(13,14)12-8-15-12/h9H,3-8H2,1-2H3. The molecule has 16 heavy (non-hydrogen) atoms. The smallest absolute Gasteiger partial charge is 0.238 e. The van der Waals surface area contributed by atoms with Gasteiger partial charge in [-0.05, 0) is 42.4 Å². The molecule has 0 amide bonds. The number of nitrogens with zero attached hydrogens (tertiary/aromatic N) is 1. The molecule has 1 saturated heterocycles. The van der Waals surface area contributed by atoms with E-state index in [2.05, 4.69) is 13.8 Å². The van der Waals surface area contributed by atoms with Crippen LogP contribution in [-0.2, 0) is 14.9 Å². The van der Waals surface area contributed by atoms with Gasteiger partial charge in [-0.2, -0.15) is 0 Å². The molecule has 1 atom stereocenters. The van der Waals surface area contributed by atoms with Gasteiger partial charge in [-0.15, -0.1) is 0 Å². The highest BCUT2D eigenvalue weighted by molar-refractivity contribution is 7.89. The predicted octanol–water partition coefficient (Wildman–Crippen LogP) is 1.74. The summed E-state index contributed by atoms with van der Waals surface area (Å²) in [6, 6.07) is 0. The molecule has 1 aliphatic heterocycles. The predicted molar refractivity (Wildman–Crippen MR) is 59.7 cm³/mol. The summed E-state index contributed by atoms with van der Waals surface area (Å²) in [6.07, 6.45) is 4.53. The van der Waals surface area contributed by atoms with Gasteiger partial charge in [0.05, 0.1) is 5.75 Å². The van der Waals surface area contributed by atoms with E-state index in [1.54, 1.807) is 0 Å². The summed E-state index contributed by atoms with van der Waals surface area (Å²) in [6.45, 7) is 4.74. The number of rotatable bonds is 3. The molecule has 3 aliphatic rings. The average Bonchev–Trinajstić information content (AvgIpc) is 2.95. The molecular weight excluding hydrogens is 226 g/mol. The molecule has 1 heterocycles. The number of hydroxylamine groups is 1. The van der Waals surface area contributed by atoms with Crippen LogP contribution >= 0.6 is 0 Å². The number of fused-ring (bicyclic) bond motifs is 2. The first kappa shape index (κ1) is 11.0. The highest BCUT2D eigenvalue weighted by Crippen LogP contribution is 2.66. The van der Waals surface area contributed by atoms with Gasteiger partial charge in [0.1, 0.15) is 0 Å². The maximum atomic E-state index is 12.0. The Balaban J connectivity index is 1.89. The zero-order chi connectivity index (χ0) is 11.6. The normalized spacial score (nSPS) is 44.9. The van der Waals surface area contributed by atoms with Crippen LogP contribution in [0.15, 0.2) is 0 Å². The second-order valence-electron chi connectivity index (χ2n) is 6.09. The van der Waals surface area contributed by atoms with Crippen molar-refractivity contribution in [3.63, 3.8) is 0 Å². The summed E-state index contributed by atoms with van der Waals surface area (Å²) in [5.41, 5.74) is 0.179. The van der Waals surface area contributed by atoms with E-state index in [0.717, 1.165) is 23.2 Å². The molecular formula is C11H19NO3S. The number of hydrogen-bond acceptors (Lipinski definition) is 3. The van der Waals surface area contributed by atoms with E-state index in [9.17, 15) is 8.42 Å². The van der Waals surface area contributed by atoms with Crippen LogP contribution in [0.4, 0.5) is 0 Å². The van der Waals surface area contributed by atoms with Crippen molar-refractivity contribution in [2.75, 3.05) is 12.5 Å². The van der Waals surface area contributed by atoms with E-state index in [1.165, 1.54) is 12.8 Å². The van der Waals surface area contributed by atoms with E-state index in [0.29, 0.717) is 0 Å². The lowest BCUT2D eigenvalue weighted by Crippen LogP contribution is -2.38. The lowest BCUT2D eigenvalue weighted by Gasteiger charge is -2.37. The third kappa shape index (κ3) is 1.31. The van der Waals surface area contributed by atoms with Crippen molar-refractivity contribution in [3.8, 4) is 0 Å². The van der Waals surface area contributed by atoms with Gasteiger partial charge >= 0.3 is 0 Å². The average molecular weight is 245 g/mol. The molecule has 92 valence electrons.